The minimum atomic E-state index is -0.425. The van der Waals surface area contributed by atoms with Crippen molar-refractivity contribution in [3.8, 4) is 5.75 Å². The summed E-state index contributed by atoms with van der Waals surface area (Å²) in [4.78, 5) is 21.8. The first-order chi connectivity index (χ1) is 6.72. The number of hydrogen-bond acceptors (Lipinski definition) is 4. The van der Waals surface area contributed by atoms with E-state index in [2.05, 4.69) is 0 Å². The number of rotatable bonds is 1. The van der Waals surface area contributed by atoms with Gasteiger partial charge in [0, 0.05) is 6.07 Å². The molecule has 0 fully saturated rings. The average Bonchev–Trinajstić information content (AvgIpc) is 2.17. The van der Waals surface area contributed by atoms with Crippen molar-refractivity contribution in [3.63, 3.8) is 0 Å². The van der Waals surface area contributed by atoms with Gasteiger partial charge in [-0.15, -0.1) is 0 Å². The Morgan fingerprint density at radius 2 is 2.14 bits per heavy atom. The lowest BCUT2D eigenvalue weighted by Crippen LogP contribution is -2.01. The van der Waals surface area contributed by atoms with Crippen LogP contribution in [0, 0.1) is 0 Å². The molecule has 0 aliphatic heterocycles. The monoisotopic (exact) mass is 190 g/mol. The molecule has 4 heteroatoms. The molecule has 1 aromatic carbocycles. The summed E-state index contributed by atoms with van der Waals surface area (Å²) in [6.07, 6.45) is 0.449. The molecule has 1 aromatic heterocycles. The molecule has 0 unspecified atom stereocenters. The molecular formula is C10H6O4. The quantitative estimate of drug-likeness (QED) is 0.688. The lowest BCUT2D eigenvalue weighted by atomic mass is 10.2. The van der Waals surface area contributed by atoms with Crippen molar-refractivity contribution in [1.29, 1.82) is 0 Å². The van der Waals surface area contributed by atoms with Crippen LogP contribution in [0.2, 0.25) is 0 Å². The van der Waals surface area contributed by atoms with Gasteiger partial charge in [-0.05, 0) is 12.1 Å². The molecule has 1 N–H and O–H groups in total. The summed E-state index contributed by atoms with van der Waals surface area (Å²) < 4.78 is 5.04. The molecule has 0 radical (unpaired) electrons. The van der Waals surface area contributed by atoms with Crippen molar-refractivity contribution in [2.75, 3.05) is 0 Å². The number of fused-ring (bicyclic) bond motifs is 1. The maximum absolute atomic E-state index is 11.4. The highest BCUT2D eigenvalue weighted by Crippen LogP contribution is 2.20. The number of carbonyl (C=O) groups excluding carboxylic acids is 1. The highest BCUT2D eigenvalue weighted by Gasteiger charge is 2.07. The number of phenols is 1. The second kappa shape index (κ2) is 2.99. The van der Waals surface area contributed by atoms with Crippen molar-refractivity contribution in [2.24, 2.45) is 0 Å². The van der Waals surface area contributed by atoms with Gasteiger partial charge in [0.2, 0.25) is 0 Å². The second-order valence-electron chi connectivity index (χ2n) is 2.78. The topological polar surface area (TPSA) is 67.5 Å². The maximum atomic E-state index is 11.4. The van der Waals surface area contributed by atoms with Crippen LogP contribution in [0.25, 0.3) is 11.0 Å². The van der Waals surface area contributed by atoms with Crippen LogP contribution in [-0.4, -0.2) is 11.4 Å². The van der Waals surface area contributed by atoms with Crippen LogP contribution in [0.15, 0.2) is 33.5 Å². The van der Waals surface area contributed by atoms with Gasteiger partial charge in [-0.2, -0.15) is 0 Å². The van der Waals surface area contributed by atoms with Gasteiger partial charge in [0.05, 0.1) is 0 Å². The van der Waals surface area contributed by atoms with Gasteiger partial charge in [0.15, 0.2) is 17.5 Å². The van der Waals surface area contributed by atoms with Gasteiger partial charge in [-0.1, -0.05) is 6.07 Å². The number of benzene rings is 1. The number of phenolic OH excluding ortho intramolecular Hbond substituents is 1. The Labute approximate surface area is 78.4 Å². The number of hydrogen-bond donors (Lipinski definition) is 1. The van der Waals surface area contributed by atoms with Crippen LogP contribution in [-0.2, 0) is 0 Å². The fraction of sp³-hybridized carbons (Fsp3) is 0. The standard InChI is InChI=1S/C10H6O4/c11-5-6-4-8(13)10-7(12)2-1-3-9(10)14-6/h1-5,12H. The molecular weight excluding hydrogens is 184 g/mol. The second-order valence-corrected chi connectivity index (χ2v) is 2.78. The van der Waals surface area contributed by atoms with Gasteiger partial charge < -0.3 is 9.52 Å². The molecule has 4 nitrogen and oxygen atoms in total. The summed E-state index contributed by atoms with van der Waals surface area (Å²) in [5.41, 5.74) is -0.217. The van der Waals surface area contributed by atoms with Gasteiger partial charge in [0.1, 0.15) is 16.7 Å². The van der Waals surface area contributed by atoms with E-state index < -0.39 is 5.43 Å². The molecule has 14 heavy (non-hydrogen) atoms. The molecule has 0 aliphatic carbocycles. The van der Waals surface area contributed by atoms with Crippen LogP contribution < -0.4 is 5.43 Å². The van der Waals surface area contributed by atoms with E-state index in [1.165, 1.54) is 18.2 Å². The molecule has 0 spiro atoms. The lowest BCUT2D eigenvalue weighted by molar-refractivity contribution is 0.110. The molecule has 0 amide bonds. The summed E-state index contributed by atoms with van der Waals surface area (Å²) in [6, 6.07) is 5.49. The molecule has 0 saturated carbocycles. The molecule has 1 heterocycles. The highest BCUT2D eigenvalue weighted by atomic mass is 16.3. The van der Waals surface area contributed by atoms with Gasteiger partial charge in [-0.3, -0.25) is 9.59 Å². The minimum Gasteiger partial charge on any atom is -0.507 e. The number of aldehydes is 1. The maximum Gasteiger partial charge on any atom is 0.197 e. The molecule has 2 aromatic rings. The average molecular weight is 190 g/mol. The summed E-state index contributed by atoms with van der Waals surface area (Å²) in [7, 11) is 0. The zero-order valence-electron chi connectivity index (χ0n) is 7.06. The van der Waals surface area contributed by atoms with E-state index in [1.54, 1.807) is 0 Å². The molecule has 70 valence electrons. The molecule has 0 saturated heterocycles. The Balaban J connectivity index is 2.97. The fourth-order valence-electron chi connectivity index (χ4n) is 1.27. The first-order valence-corrected chi connectivity index (χ1v) is 3.93. The molecule has 0 atom stereocenters. The number of aromatic hydroxyl groups is 1. The van der Waals surface area contributed by atoms with E-state index in [4.69, 9.17) is 4.42 Å². The summed E-state index contributed by atoms with van der Waals surface area (Å²) in [6.45, 7) is 0. The van der Waals surface area contributed by atoms with Crippen molar-refractivity contribution in [1.82, 2.24) is 0 Å². The Morgan fingerprint density at radius 1 is 1.36 bits per heavy atom. The van der Waals surface area contributed by atoms with E-state index in [0.29, 0.717) is 6.29 Å². The SMILES string of the molecule is O=Cc1cc(=O)c2c(O)cccc2o1. The lowest BCUT2D eigenvalue weighted by Gasteiger charge is -1.98. The third-order valence-electron chi connectivity index (χ3n) is 1.87. The molecule has 0 bridgehead atoms. The van der Waals surface area contributed by atoms with E-state index in [9.17, 15) is 14.7 Å². The summed E-state index contributed by atoms with van der Waals surface area (Å²) >= 11 is 0. The first-order valence-electron chi connectivity index (χ1n) is 3.93. The third-order valence-corrected chi connectivity index (χ3v) is 1.87. The van der Waals surface area contributed by atoms with E-state index in [-0.39, 0.29) is 22.5 Å². The molecule has 2 rings (SSSR count). The Bertz CT molecular complexity index is 554. The van der Waals surface area contributed by atoms with Crippen molar-refractivity contribution >= 4 is 17.3 Å². The van der Waals surface area contributed by atoms with Gasteiger partial charge >= 0.3 is 0 Å². The summed E-state index contributed by atoms with van der Waals surface area (Å²) in [5, 5.41) is 9.46. The Morgan fingerprint density at radius 3 is 2.86 bits per heavy atom. The van der Waals surface area contributed by atoms with E-state index >= 15 is 0 Å². The van der Waals surface area contributed by atoms with Crippen LogP contribution >= 0.6 is 0 Å². The summed E-state index contributed by atoms with van der Waals surface area (Å²) in [5.74, 6) is -0.193. The normalized spacial score (nSPS) is 10.3. The first kappa shape index (κ1) is 8.50. The van der Waals surface area contributed by atoms with Crippen LogP contribution in [0.3, 0.4) is 0 Å². The van der Waals surface area contributed by atoms with Crippen molar-refractivity contribution < 1.29 is 14.3 Å². The van der Waals surface area contributed by atoms with E-state index in [1.807, 2.05) is 0 Å². The fourth-order valence-corrected chi connectivity index (χ4v) is 1.27. The Kier molecular flexibility index (Phi) is 1.81. The van der Waals surface area contributed by atoms with Crippen LogP contribution in [0.5, 0.6) is 5.75 Å². The van der Waals surface area contributed by atoms with Crippen molar-refractivity contribution in [3.05, 3.63) is 40.2 Å². The predicted octanol–water partition coefficient (Wildman–Crippen LogP) is 1.31. The Hall–Kier alpha value is -2.10. The zero-order chi connectivity index (χ0) is 10.1. The third kappa shape index (κ3) is 1.17. The van der Waals surface area contributed by atoms with Crippen LogP contribution in [0.1, 0.15) is 10.6 Å². The van der Waals surface area contributed by atoms with Gasteiger partial charge in [0.25, 0.3) is 0 Å². The largest absolute Gasteiger partial charge is 0.507 e. The van der Waals surface area contributed by atoms with Crippen molar-refractivity contribution in [2.45, 2.75) is 0 Å². The zero-order valence-corrected chi connectivity index (χ0v) is 7.06. The van der Waals surface area contributed by atoms with Crippen LogP contribution in [0.4, 0.5) is 0 Å². The number of carbonyl (C=O) groups is 1. The molecule has 0 aliphatic rings. The predicted molar refractivity (Wildman–Crippen MR) is 49.5 cm³/mol. The van der Waals surface area contributed by atoms with Gasteiger partial charge in [-0.25, -0.2) is 0 Å². The van der Waals surface area contributed by atoms with E-state index in [0.717, 1.165) is 6.07 Å². The highest BCUT2D eigenvalue weighted by molar-refractivity contribution is 5.85. The minimum absolute atomic E-state index is 0.0481. The smallest absolute Gasteiger partial charge is 0.197 e.